The van der Waals surface area contributed by atoms with E-state index in [9.17, 15) is 9.18 Å². The van der Waals surface area contributed by atoms with E-state index in [0.717, 1.165) is 16.7 Å². The van der Waals surface area contributed by atoms with Crippen molar-refractivity contribution in [1.29, 1.82) is 0 Å². The highest BCUT2D eigenvalue weighted by Crippen LogP contribution is 2.26. The predicted octanol–water partition coefficient (Wildman–Crippen LogP) is 3.30. The van der Waals surface area contributed by atoms with E-state index in [1.165, 1.54) is 12.1 Å². The van der Waals surface area contributed by atoms with Gasteiger partial charge >= 0.3 is 0 Å². The van der Waals surface area contributed by atoms with Crippen LogP contribution < -0.4 is 5.73 Å². The lowest BCUT2D eigenvalue weighted by molar-refractivity contribution is 0.0996. The van der Waals surface area contributed by atoms with Gasteiger partial charge in [0.05, 0.1) is 11.7 Å². The molecule has 3 nitrogen and oxygen atoms in total. The monoisotopic (exact) mass is 273 g/mol. The average molecular weight is 273 g/mol. The molecule has 0 aliphatic heterocycles. The molecule has 0 saturated carbocycles. The SMILES string of the molecule is COC(C)c1cccc(-c2ccc(F)c(C(N)=O)c2)c1. The molecular weight excluding hydrogens is 257 g/mol. The number of ether oxygens (including phenoxy) is 1. The van der Waals surface area contributed by atoms with E-state index in [2.05, 4.69) is 0 Å². The molecule has 0 aromatic heterocycles. The summed E-state index contributed by atoms with van der Waals surface area (Å²) in [7, 11) is 1.64. The quantitative estimate of drug-likeness (QED) is 0.929. The van der Waals surface area contributed by atoms with Gasteiger partial charge < -0.3 is 10.5 Å². The number of benzene rings is 2. The van der Waals surface area contributed by atoms with Crippen molar-refractivity contribution in [3.63, 3.8) is 0 Å². The molecule has 0 saturated heterocycles. The molecule has 104 valence electrons. The number of halogens is 1. The smallest absolute Gasteiger partial charge is 0.251 e. The molecule has 2 N–H and O–H groups in total. The van der Waals surface area contributed by atoms with Crippen LogP contribution in [0.3, 0.4) is 0 Å². The molecule has 0 bridgehead atoms. The first-order valence-corrected chi connectivity index (χ1v) is 6.25. The molecule has 2 rings (SSSR count). The van der Waals surface area contributed by atoms with Gasteiger partial charge in [0.25, 0.3) is 5.91 Å². The molecule has 0 spiro atoms. The van der Waals surface area contributed by atoms with E-state index in [1.807, 2.05) is 31.2 Å². The van der Waals surface area contributed by atoms with Crippen molar-refractivity contribution in [3.05, 3.63) is 59.4 Å². The summed E-state index contributed by atoms with van der Waals surface area (Å²) in [4.78, 5) is 11.2. The Hall–Kier alpha value is -2.20. The average Bonchev–Trinajstić information content (AvgIpc) is 2.46. The van der Waals surface area contributed by atoms with Crippen molar-refractivity contribution < 1.29 is 13.9 Å². The number of nitrogens with two attached hydrogens (primary N) is 1. The fourth-order valence-corrected chi connectivity index (χ4v) is 2.00. The zero-order chi connectivity index (χ0) is 14.7. The van der Waals surface area contributed by atoms with Gasteiger partial charge in [0.2, 0.25) is 0 Å². The van der Waals surface area contributed by atoms with Gasteiger partial charge in [-0.25, -0.2) is 4.39 Å². The summed E-state index contributed by atoms with van der Waals surface area (Å²) in [5.74, 6) is -1.38. The van der Waals surface area contributed by atoms with Gasteiger partial charge in [-0.3, -0.25) is 4.79 Å². The van der Waals surface area contributed by atoms with E-state index in [1.54, 1.807) is 13.2 Å². The zero-order valence-electron chi connectivity index (χ0n) is 11.4. The van der Waals surface area contributed by atoms with Crippen LogP contribution in [0.2, 0.25) is 0 Å². The maximum absolute atomic E-state index is 13.5. The Morgan fingerprint density at radius 3 is 2.55 bits per heavy atom. The first-order chi connectivity index (χ1) is 9.52. The van der Waals surface area contributed by atoms with Crippen molar-refractivity contribution in [2.75, 3.05) is 7.11 Å². The molecule has 0 aliphatic carbocycles. The largest absolute Gasteiger partial charge is 0.377 e. The minimum atomic E-state index is -0.772. The Bertz CT molecular complexity index is 640. The van der Waals surface area contributed by atoms with E-state index in [-0.39, 0.29) is 11.7 Å². The second-order valence-corrected chi connectivity index (χ2v) is 4.56. The highest BCUT2D eigenvalue weighted by atomic mass is 19.1. The Morgan fingerprint density at radius 1 is 1.20 bits per heavy atom. The van der Waals surface area contributed by atoms with Crippen molar-refractivity contribution in [2.24, 2.45) is 5.73 Å². The lowest BCUT2D eigenvalue weighted by atomic mass is 9.99. The third kappa shape index (κ3) is 2.86. The summed E-state index contributed by atoms with van der Waals surface area (Å²) in [5, 5.41) is 0. The van der Waals surface area contributed by atoms with Crippen molar-refractivity contribution in [1.82, 2.24) is 0 Å². The van der Waals surface area contributed by atoms with Crippen molar-refractivity contribution in [3.8, 4) is 11.1 Å². The number of amides is 1. The molecular formula is C16H16FNO2. The van der Waals surface area contributed by atoms with Gasteiger partial charge in [-0.2, -0.15) is 0 Å². The summed E-state index contributed by atoms with van der Waals surface area (Å²) < 4.78 is 18.8. The first kappa shape index (κ1) is 14.2. The Kier molecular flexibility index (Phi) is 4.15. The fourth-order valence-electron chi connectivity index (χ4n) is 2.00. The van der Waals surface area contributed by atoms with Gasteiger partial charge in [0.1, 0.15) is 5.82 Å². The zero-order valence-corrected chi connectivity index (χ0v) is 11.4. The van der Waals surface area contributed by atoms with E-state index >= 15 is 0 Å². The molecule has 0 fully saturated rings. The molecule has 20 heavy (non-hydrogen) atoms. The molecule has 0 radical (unpaired) electrons. The third-order valence-corrected chi connectivity index (χ3v) is 3.27. The number of primary amides is 1. The Labute approximate surface area is 117 Å². The maximum atomic E-state index is 13.5. The fraction of sp³-hybridized carbons (Fsp3) is 0.188. The number of hydrogen-bond donors (Lipinski definition) is 1. The molecule has 1 atom stereocenters. The van der Waals surface area contributed by atoms with Crippen LogP contribution in [-0.4, -0.2) is 13.0 Å². The summed E-state index contributed by atoms with van der Waals surface area (Å²) in [6.07, 6.45) is -0.0361. The first-order valence-electron chi connectivity index (χ1n) is 6.25. The summed E-state index contributed by atoms with van der Waals surface area (Å²) in [6, 6.07) is 12.0. The van der Waals surface area contributed by atoms with Crippen LogP contribution in [-0.2, 0) is 4.74 Å². The second kappa shape index (κ2) is 5.84. The number of carbonyl (C=O) groups excluding carboxylic acids is 1. The number of hydrogen-bond acceptors (Lipinski definition) is 2. The summed E-state index contributed by atoms with van der Waals surface area (Å²) in [5.41, 5.74) is 7.69. The van der Waals surface area contributed by atoms with E-state index in [0.29, 0.717) is 0 Å². The second-order valence-electron chi connectivity index (χ2n) is 4.56. The van der Waals surface area contributed by atoms with Crippen LogP contribution in [0.25, 0.3) is 11.1 Å². The third-order valence-electron chi connectivity index (χ3n) is 3.27. The number of carbonyl (C=O) groups is 1. The van der Waals surface area contributed by atoms with Crippen LogP contribution in [0, 0.1) is 5.82 Å². The number of methoxy groups -OCH3 is 1. The molecule has 0 heterocycles. The standard InChI is InChI=1S/C16H16FNO2/c1-10(20-2)11-4-3-5-12(8-11)13-6-7-15(17)14(9-13)16(18)19/h3-10H,1-2H3,(H2,18,19). The van der Waals surface area contributed by atoms with Crippen molar-refractivity contribution >= 4 is 5.91 Å². The van der Waals surface area contributed by atoms with E-state index < -0.39 is 11.7 Å². The van der Waals surface area contributed by atoms with Crippen LogP contribution in [0.1, 0.15) is 28.9 Å². The van der Waals surface area contributed by atoms with Gasteiger partial charge in [0, 0.05) is 7.11 Å². The van der Waals surface area contributed by atoms with Crippen LogP contribution in [0.4, 0.5) is 4.39 Å². The molecule has 2 aromatic carbocycles. The highest BCUT2D eigenvalue weighted by Gasteiger charge is 2.11. The van der Waals surface area contributed by atoms with Crippen LogP contribution in [0.15, 0.2) is 42.5 Å². The van der Waals surface area contributed by atoms with Crippen molar-refractivity contribution in [2.45, 2.75) is 13.0 Å². The topological polar surface area (TPSA) is 52.3 Å². The minimum absolute atomic E-state index is 0.0361. The molecule has 1 unspecified atom stereocenters. The maximum Gasteiger partial charge on any atom is 0.251 e. The normalized spacial score (nSPS) is 12.2. The Morgan fingerprint density at radius 2 is 1.90 bits per heavy atom. The molecule has 1 amide bonds. The van der Waals surface area contributed by atoms with Crippen LogP contribution in [0.5, 0.6) is 0 Å². The lowest BCUT2D eigenvalue weighted by Gasteiger charge is -2.12. The van der Waals surface area contributed by atoms with Gasteiger partial charge in [-0.15, -0.1) is 0 Å². The molecule has 2 aromatic rings. The lowest BCUT2D eigenvalue weighted by Crippen LogP contribution is -2.13. The predicted molar refractivity (Wildman–Crippen MR) is 75.8 cm³/mol. The Balaban J connectivity index is 2.46. The summed E-state index contributed by atoms with van der Waals surface area (Å²) >= 11 is 0. The minimum Gasteiger partial charge on any atom is -0.377 e. The summed E-state index contributed by atoms with van der Waals surface area (Å²) in [6.45, 7) is 1.94. The van der Waals surface area contributed by atoms with E-state index in [4.69, 9.17) is 10.5 Å². The van der Waals surface area contributed by atoms with Crippen LogP contribution >= 0.6 is 0 Å². The number of rotatable bonds is 4. The highest BCUT2D eigenvalue weighted by molar-refractivity contribution is 5.94. The van der Waals surface area contributed by atoms with Gasteiger partial charge in [0.15, 0.2) is 0 Å². The van der Waals surface area contributed by atoms with Gasteiger partial charge in [-0.05, 0) is 41.8 Å². The molecule has 4 heteroatoms. The van der Waals surface area contributed by atoms with Gasteiger partial charge in [-0.1, -0.05) is 24.3 Å². The molecule has 0 aliphatic rings.